The third-order valence-corrected chi connectivity index (χ3v) is 9.64. The lowest BCUT2D eigenvalue weighted by Crippen LogP contribution is -2.65. The van der Waals surface area contributed by atoms with Crippen molar-refractivity contribution < 1.29 is 23.8 Å². The highest BCUT2D eigenvalue weighted by molar-refractivity contribution is 5.87. The SMILES string of the molecule is CCNC(=O)Oc1ccc(N2CCCC3(CCN(C45CC6CC(C4)C(O)C(C6)C5)C3=O)C2)c(F)c1. The van der Waals surface area contributed by atoms with Gasteiger partial charge >= 0.3 is 6.09 Å². The summed E-state index contributed by atoms with van der Waals surface area (Å²) in [5.74, 6) is 1.27. The van der Waals surface area contributed by atoms with Crippen molar-refractivity contribution in [2.24, 2.45) is 23.2 Å². The number of hydrogen-bond donors (Lipinski definition) is 2. The Kier molecular flexibility index (Phi) is 5.51. The minimum absolute atomic E-state index is 0.0815. The highest BCUT2D eigenvalue weighted by Crippen LogP contribution is 2.59. The van der Waals surface area contributed by atoms with Gasteiger partial charge in [0.2, 0.25) is 5.91 Å². The van der Waals surface area contributed by atoms with Crippen molar-refractivity contribution >= 4 is 17.7 Å². The molecule has 1 spiro atoms. The first-order valence-corrected chi connectivity index (χ1v) is 13.3. The van der Waals surface area contributed by atoms with Crippen LogP contribution in [0.4, 0.5) is 14.9 Å². The van der Waals surface area contributed by atoms with Crippen molar-refractivity contribution in [1.29, 1.82) is 0 Å². The van der Waals surface area contributed by atoms with E-state index in [1.54, 1.807) is 19.1 Å². The first kappa shape index (κ1) is 23.1. The molecule has 1 aromatic rings. The predicted molar refractivity (Wildman–Crippen MR) is 129 cm³/mol. The van der Waals surface area contributed by atoms with E-state index < -0.39 is 17.3 Å². The second-order valence-electron chi connectivity index (χ2n) is 11.7. The summed E-state index contributed by atoms with van der Waals surface area (Å²) in [5, 5.41) is 13.2. The molecule has 4 saturated carbocycles. The second-order valence-corrected chi connectivity index (χ2v) is 11.7. The van der Waals surface area contributed by atoms with Gasteiger partial charge in [0.05, 0.1) is 17.2 Å². The number of halogens is 1. The number of piperidine rings is 1. The summed E-state index contributed by atoms with van der Waals surface area (Å²) in [7, 11) is 0. The molecule has 35 heavy (non-hydrogen) atoms. The Labute approximate surface area is 206 Å². The number of nitrogens with zero attached hydrogens (tertiary/aromatic N) is 2. The molecule has 3 unspecified atom stereocenters. The van der Waals surface area contributed by atoms with Gasteiger partial charge in [0.25, 0.3) is 0 Å². The van der Waals surface area contributed by atoms with Crippen molar-refractivity contribution in [2.75, 3.05) is 31.1 Å². The van der Waals surface area contributed by atoms with Gasteiger partial charge in [0.15, 0.2) is 0 Å². The van der Waals surface area contributed by atoms with Gasteiger partial charge < -0.3 is 25.0 Å². The maximum atomic E-state index is 15.1. The van der Waals surface area contributed by atoms with Crippen LogP contribution in [0, 0.1) is 29.0 Å². The van der Waals surface area contributed by atoms with Crippen molar-refractivity contribution in [3.8, 4) is 5.75 Å². The van der Waals surface area contributed by atoms with Crippen LogP contribution >= 0.6 is 0 Å². The Morgan fingerprint density at radius 3 is 2.69 bits per heavy atom. The van der Waals surface area contributed by atoms with Gasteiger partial charge in [-0.25, -0.2) is 9.18 Å². The molecule has 7 nitrogen and oxygen atoms in total. The van der Waals surface area contributed by atoms with E-state index in [1.807, 2.05) is 4.90 Å². The number of amides is 2. The maximum Gasteiger partial charge on any atom is 0.412 e. The fourth-order valence-electron chi connectivity index (χ4n) is 8.37. The molecule has 0 radical (unpaired) electrons. The number of carbonyl (C=O) groups excluding carboxylic acids is 2. The van der Waals surface area contributed by atoms with Crippen LogP contribution in [0.3, 0.4) is 0 Å². The van der Waals surface area contributed by atoms with E-state index in [-0.39, 0.29) is 23.3 Å². The zero-order valence-electron chi connectivity index (χ0n) is 20.5. The Balaban J connectivity index is 1.19. The smallest absolute Gasteiger partial charge is 0.410 e. The number of aliphatic hydroxyl groups excluding tert-OH is 1. The zero-order valence-corrected chi connectivity index (χ0v) is 20.5. The van der Waals surface area contributed by atoms with Gasteiger partial charge in [0.1, 0.15) is 11.6 Å². The van der Waals surface area contributed by atoms with E-state index in [4.69, 9.17) is 4.74 Å². The largest absolute Gasteiger partial charge is 0.412 e. The van der Waals surface area contributed by atoms with Crippen LogP contribution in [0.1, 0.15) is 58.3 Å². The molecule has 6 fully saturated rings. The third-order valence-electron chi connectivity index (χ3n) is 9.64. The van der Waals surface area contributed by atoms with Crippen LogP contribution in [0.5, 0.6) is 5.75 Å². The topological polar surface area (TPSA) is 82.1 Å². The molecule has 6 aliphatic rings. The molecule has 2 heterocycles. The summed E-state index contributed by atoms with van der Waals surface area (Å²) < 4.78 is 20.2. The first-order chi connectivity index (χ1) is 16.8. The number of rotatable bonds is 4. The predicted octanol–water partition coefficient (Wildman–Crippen LogP) is 3.69. The molecule has 7 rings (SSSR count). The van der Waals surface area contributed by atoms with E-state index in [0.29, 0.717) is 43.1 Å². The molecular formula is C27H36FN3O4. The fraction of sp³-hybridized carbons (Fsp3) is 0.704. The lowest BCUT2D eigenvalue weighted by molar-refractivity contribution is -0.167. The Morgan fingerprint density at radius 2 is 1.97 bits per heavy atom. The molecule has 190 valence electrons. The normalized spacial score (nSPS) is 37.9. The number of carbonyl (C=O) groups is 2. The maximum absolute atomic E-state index is 15.1. The minimum Gasteiger partial charge on any atom is -0.410 e. The van der Waals surface area contributed by atoms with Crippen LogP contribution in [0.25, 0.3) is 0 Å². The highest BCUT2D eigenvalue weighted by Gasteiger charge is 2.62. The monoisotopic (exact) mass is 485 g/mol. The second kappa shape index (κ2) is 8.36. The van der Waals surface area contributed by atoms with Gasteiger partial charge in [-0.05, 0) is 88.2 Å². The molecular weight excluding hydrogens is 449 g/mol. The molecule has 2 saturated heterocycles. The average molecular weight is 486 g/mol. The summed E-state index contributed by atoms with van der Waals surface area (Å²) in [6.07, 6.45) is 6.88. The van der Waals surface area contributed by atoms with Crippen molar-refractivity contribution in [3.05, 3.63) is 24.0 Å². The number of aliphatic hydroxyl groups is 1. The highest BCUT2D eigenvalue weighted by atomic mass is 19.1. The number of likely N-dealkylation sites (tertiary alicyclic amines) is 1. The lowest BCUT2D eigenvalue weighted by Gasteiger charge is -2.61. The fourth-order valence-corrected chi connectivity index (χ4v) is 8.37. The number of ether oxygens (including phenoxy) is 1. The number of benzene rings is 1. The van der Waals surface area contributed by atoms with E-state index in [9.17, 15) is 14.7 Å². The van der Waals surface area contributed by atoms with E-state index in [0.717, 1.165) is 57.9 Å². The van der Waals surface area contributed by atoms with E-state index in [2.05, 4.69) is 10.2 Å². The number of hydrogen-bond acceptors (Lipinski definition) is 5. The summed E-state index contributed by atoms with van der Waals surface area (Å²) in [6.45, 7) is 4.22. The Hall–Kier alpha value is -2.35. The van der Waals surface area contributed by atoms with Crippen LogP contribution in [0.15, 0.2) is 18.2 Å². The molecule has 2 aliphatic heterocycles. The summed E-state index contributed by atoms with van der Waals surface area (Å²) in [5.41, 5.74) is -0.0958. The van der Waals surface area contributed by atoms with Crippen LogP contribution in [-0.2, 0) is 4.79 Å². The zero-order chi connectivity index (χ0) is 24.4. The van der Waals surface area contributed by atoms with Crippen LogP contribution in [0.2, 0.25) is 0 Å². The number of anilines is 1. The van der Waals surface area contributed by atoms with Gasteiger partial charge in [-0.3, -0.25) is 4.79 Å². The van der Waals surface area contributed by atoms with Crippen molar-refractivity contribution in [3.63, 3.8) is 0 Å². The minimum atomic E-state index is -0.606. The van der Waals surface area contributed by atoms with Crippen molar-refractivity contribution in [2.45, 2.75) is 69.9 Å². The van der Waals surface area contributed by atoms with Crippen LogP contribution in [-0.4, -0.2) is 59.8 Å². The summed E-state index contributed by atoms with van der Waals surface area (Å²) in [4.78, 5) is 29.9. The van der Waals surface area contributed by atoms with E-state index >= 15 is 4.39 Å². The third kappa shape index (κ3) is 3.71. The molecule has 2 N–H and O–H groups in total. The standard InChI is InChI=1S/C27H36FN3O4/c1-2-29-25(34)35-20-4-5-22(21(28)12-20)30-8-3-6-26(16-30)7-9-31(24(26)33)27-13-17-10-18(14-27)23(32)19(11-17)15-27/h4-5,12,17-19,23,32H,2-3,6-11,13-16H2,1H3,(H,29,34). The summed E-state index contributed by atoms with van der Waals surface area (Å²) in [6, 6.07) is 4.51. The van der Waals surface area contributed by atoms with Gasteiger partial charge in [-0.2, -0.15) is 0 Å². The lowest BCUT2D eigenvalue weighted by atomic mass is 9.51. The molecule has 1 aromatic carbocycles. The van der Waals surface area contributed by atoms with Crippen LogP contribution < -0.4 is 15.0 Å². The van der Waals surface area contributed by atoms with Gasteiger partial charge in [-0.15, -0.1) is 0 Å². The number of nitrogens with one attached hydrogen (secondary N) is 1. The molecule has 4 aliphatic carbocycles. The van der Waals surface area contributed by atoms with Gasteiger partial charge in [0, 0.05) is 37.8 Å². The molecule has 8 heteroatoms. The molecule has 0 aromatic heterocycles. The molecule has 2 amide bonds. The molecule has 4 bridgehead atoms. The average Bonchev–Trinajstić information content (AvgIpc) is 3.13. The van der Waals surface area contributed by atoms with Gasteiger partial charge in [-0.1, -0.05) is 0 Å². The van der Waals surface area contributed by atoms with E-state index in [1.165, 1.54) is 6.07 Å². The molecule has 3 atom stereocenters. The quantitative estimate of drug-likeness (QED) is 0.680. The first-order valence-electron chi connectivity index (χ1n) is 13.3. The summed E-state index contributed by atoms with van der Waals surface area (Å²) >= 11 is 0. The van der Waals surface area contributed by atoms with Crippen molar-refractivity contribution in [1.82, 2.24) is 10.2 Å². The Bertz CT molecular complexity index is 1020. The Morgan fingerprint density at radius 1 is 1.20 bits per heavy atom.